The molecule has 0 saturated carbocycles. The van der Waals surface area contributed by atoms with Gasteiger partial charge in [-0.15, -0.1) is 0 Å². The fraction of sp³-hybridized carbons (Fsp3) is 0.714. The Morgan fingerprint density at radius 1 is 1.00 bits per heavy atom. The van der Waals surface area contributed by atoms with E-state index in [-0.39, 0.29) is 10.9 Å². The summed E-state index contributed by atoms with van der Waals surface area (Å²) >= 11 is 1.42. The van der Waals surface area contributed by atoms with Gasteiger partial charge in [-0.05, 0) is 18.9 Å². The topological polar surface area (TPSA) is 34.1 Å². The van der Waals surface area contributed by atoms with Gasteiger partial charge in [-0.25, -0.2) is 0 Å². The Morgan fingerprint density at radius 2 is 1.53 bits per heavy atom. The zero-order chi connectivity index (χ0) is 12.9. The molecule has 17 heavy (non-hydrogen) atoms. The normalized spacial score (nSPS) is 10.2. The molecule has 0 amide bonds. The Balaban J connectivity index is 3.06. The number of rotatable bonds is 11. The summed E-state index contributed by atoms with van der Waals surface area (Å²) < 4.78 is 0. The third-order valence-electron chi connectivity index (χ3n) is 2.60. The molecule has 2 nitrogen and oxygen atoms in total. The van der Waals surface area contributed by atoms with Gasteiger partial charge < -0.3 is 0 Å². The highest BCUT2D eigenvalue weighted by molar-refractivity contribution is 8.13. The van der Waals surface area contributed by atoms with Crippen LogP contribution in [0.1, 0.15) is 58.3 Å². The minimum Gasteiger partial charge on any atom is -0.295 e. The molecule has 0 saturated heterocycles. The highest BCUT2D eigenvalue weighted by atomic mass is 32.2. The number of allylic oxidation sites excluding steroid dienone is 1. The van der Waals surface area contributed by atoms with Gasteiger partial charge in [-0.2, -0.15) is 0 Å². The Kier molecular flexibility index (Phi) is 11.5. The molecule has 0 rings (SSSR count). The summed E-state index contributed by atoms with van der Waals surface area (Å²) in [5.74, 6) is 1.12. The quantitative estimate of drug-likeness (QED) is 0.411. The van der Waals surface area contributed by atoms with E-state index in [2.05, 4.69) is 6.58 Å². The van der Waals surface area contributed by atoms with E-state index >= 15 is 0 Å². The van der Waals surface area contributed by atoms with Gasteiger partial charge in [0.2, 0.25) is 0 Å². The SMILES string of the molecule is C=CC(=O)CCCCCCCCCSC(C)=O. The van der Waals surface area contributed by atoms with Gasteiger partial charge in [0, 0.05) is 19.1 Å². The van der Waals surface area contributed by atoms with E-state index in [1.807, 2.05) is 0 Å². The van der Waals surface area contributed by atoms with Crippen molar-refractivity contribution in [2.45, 2.75) is 58.3 Å². The molecule has 98 valence electrons. The molecule has 0 atom stereocenters. The van der Waals surface area contributed by atoms with Gasteiger partial charge in [0.15, 0.2) is 10.9 Å². The molecule has 0 aromatic carbocycles. The first kappa shape index (κ1) is 16.4. The lowest BCUT2D eigenvalue weighted by molar-refractivity contribution is -0.114. The first-order chi connectivity index (χ1) is 8.16. The van der Waals surface area contributed by atoms with Crippen molar-refractivity contribution in [3.05, 3.63) is 12.7 Å². The van der Waals surface area contributed by atoms with E-state index in [1.165, 1.54) is 43.5 Å². The number of thioether (sulfide) groups is 1. The molecule has 0 spiro atoms. The van der Waals surface area contributed by atoms with Crippen molar-refractivity contribution in [1.82, 2.24) is 0 Å². The van der Waals surface area contributed by atoms with Gasteiger partial charge in [0.25, 0.3) is 0 Å². The van der Waals surface area contributed by atoms with Crippen molar-refractivity contribution in [3.8, 4) is 0 Å². The maximum Gasteiger partial charge on any atom is 0.185 e. The molecular weight excluding hydrogens is 232 g/mol. The standard InChI is InChI=1S/C14H24O2S/c1-3-14(16)11-9-7-5-4-6-8-10-12-17-13(2)15/h3H,1,4-12H2,2H3. The summed E-state index contributed by atoms with van der Waals surface area (Å²) in [5.41, 5.74) is 0. The molecule has 3 heteroatoms. The van der Waals surface area contributed by atoms with E-state index in [9.17, 15) is 9.59 Å². The third kappa shape index (κ3) is 13.4. The monoisotopic (exact) mass is 256 g/mol. The Hall–Kier alpha value is -0.570. The largest absolute Gasteiger partial charge is 0.295 e. The van der Waals surface area contributed by atoms with Gasteiger partial charge in [0.05, 0.1) is 0 Å². The van der Waals surface area contributed by atoms with E-state index in [1.54, 1.807) is 6.92 Å². The van der Waals surface area contributed by atoms with Crippen LogP contribution in [0.4, 0.5) is 0 Å². The van der Waals surface area contributed by atoms with Crippen LogP contribution in [0.2, 0.25) is 0 Å². The molecular formula is C14H24O2S. The predicted molar refractivity (Wildman–Crippen MR) is 75.3 cm³/mol. The summed E-state index contributed by atoms with van der Waals surface area (Å²) in [5, 5.41) is 0.219. The fourth-order valence-electron chi connectivity index (χ4n) is 1.60. The third-order valence-corrected chi connectivity index (χ3v) is 3.50. The van der Waals surface area contributed by atoms with Crippen LogP contribution in [0.15, 0.2) is 12.7 Å². The Morgan fingerprint density at radius 3 is 2.06 bits per heavy atom. The molecule has 0 fully saturated rings. The smallest absolute Gasteiger partial charge is 0.185 e. The van der Waals surface area contributed by atoms with Crippen molar-refractivity contribution in [2.75, 3.05) is 5.75 Å². The number of hydrogen-bond acceptors (Lipinski definition) is 3. The second-order valence-corrected chi connectivity index (χ2v) is 5.51. The van der Waals surface area contributed by atoms with Crippen LogP contribution in [0, 0.1) is 0 Å². The Bertz CT molecular complexity index is 236. The van der Waals surface area contributed by atoms with Crippen LogP contribution < -0.4 is 0 Å². The molecule has 0 aromatic heterocycles. The van der Waals surface area contributed by atoms with Crippen LogP contribution in [-0.4, -0.2) is 16.7 Å². The van der Waals surface area contributed by atoms with Gasteiger partial charge in [-0.1, -0.05) is 50.4 Å². The summed E-state index contributed by atoms with van der Waals surface area (Å²) in [4.78, 5) is 21.6. The first-order valence-corrected chi connectivity index (χ1v) is 7.44. The number of carbonyl (C=O) groups excluding carboxylic acids is 2. The Labute approximate surface area is 109 Å². The van der Waals surface area contributed by atoms with Crippen molar-refractivity contribution in [2.24, 2.45) is 0 Å². The highest BCUT2D eigenvalue weighted by Gasteiger charge is 1.97. The molecule has 0 bridgehead atoms. The van der Waals surface area contributed by atoms with Crippen LogP contribution in [0.5, 0.6) is 0 Å². The summed E-state index contributed by atoms with van der Waals surface area (Å²) in [6.45, 7) is 5.07. The zero-order valence-corrected chi connectivity index (χ0v) is 11.7. The van der Waals surface area contributed by atoms with Gasteiger partial charge >= 0.3 is 0 Å². The van der Waals surface area contributed by atoms with Gasteiger partial charge in [-0.3, -0.25) is 9.59 Å². The minimum absolute atomic E-state index is 0.159. The average Bonchev–Trinajstić information content (AvgIpc) is 2.30. The number of unbranched alkanes of at least 4 members (excludes halogenated alkanes) is 6. The van der Waals surface area contributed by atoms with E-state index in [0.29, 0.717) is 6.42 Å². The zero-order valence-electron chi connectivity index (χ0n) is 10.9. The lowest BCUT2D eigenvalue weighted by Gasteiger charge is -2.01. The van der Waals surface area contributed by atoms with Crippen molar-refractivity contribution < 1.29 is 9.59 Å². The van der Waals surface area contributed by atoms with E-state index in [0.717, 1.165) is 25.0 Å². The minimum atomic E-state index is 0.159. The summed E-state index contributed by atoms with van der Waals surface area (Å²) in [6, 6.07) is 0. The molecule has 0 aliphatic carbocycles. The second-order valence-electron chi connectivity index (χ2n) is 4.24. The molecule has 0 heterocycles. The maximum absolute atomic E-state index is 10.9. The van der Waals surface area contributed by atoms with Crippen LogP contribution >= 0.6 is 11.8 Å². The average molecular weight is 256 g/mol. The first-order valence-electron chi connectivity index (χ1n) is 6.45. The maximum atomic E-state index is 10.9. The van der Waals surface area contributed by atoms with Crippen LogP contribution in [0.25, 0.3) is 0 Å². The molecule has 0 aromatic rings. The van der Waals surface area contributed by atoms with Crippen LogP contribution in [0.3, 0.4) is 0 Å². The van der Waals surface area contributed by atoms with Crippen molar-refractivity contribution in [1.29, 1.82) is 0 Å². The lowest BCUT2D eigenvalue weighted by atomic mass is 10.1. The predicted octanol–water partition coefficient (Wildman–Crippen LogP) is 4.14. The summed E-state index contributed by atoms with van der Waals surface area (Å²) in [7, 11) is 0. The van der Waals surface area contributed by atoms with Crippen LogP contribution in [-0.2, 0) is 9.59 Å². The molecule has 0 radical (unpaired) electrons. The number of hydrogen-bond donors (Lipinski definition) is 0. The number of ketones is 1. The van der Waals surface area contributed by atoms with Crippen molar-refractivity contribution in [3.63, 3.8) is 0 Å². The lowest BCUT2D eigenvalue weighted by Crippen LogP contribution is -1.91. The highest BCUT2D eigenvalue weighted by Crippen LogP contribution is 2.11. The molecule has 0 aliphatic rings. The molecule has 0 aliphatic heterocycles. The second kappa shape index (κ2) is 11.9. The van der Waals surface area contributed by atoms with E-state index in [4.69, 9.17) is 0 Å². The van der Waals surface area contributed by atoms with Crippen molar-refractivity contribution >= 4 is 22.7 Å². The fourth-order valence-corrected chi connectivity index (χ4v) is 2.24. The summed E-state index contributed by atoms with van der Waals surface area (Å²) in [6.07, 6.45) is 10.2. The molecule has 0 unspecified atom stereocenters. The van der Waals surface area contributed by atoms with E-state index < -0.39 is 0 Å². The van der Waals surface area contributed by atoms with Gasteiger partial charge in [0.1, 0.15) is 0 Å². The number of carbonyl (C=O) groups is 2. The molecule has 0 N–H and O–H groups in total.